The number of allylic oxidation sites excluding steroid dienone is 4. The molecule has 0 heterocycles. The van der Waals surface area contributed by atoms with Gasteiger partial charge in [0.1, 0.15) is 0 Å². The lowest BCUT2D eigenvalue weighted by Crippen LogP contribution is -2.28. The zero-order valence-electron chi connectivity index (χ0n) is 45.6. The van der Waals surface area contributed by atoms with Crippen LogP contribution in [0.3, 0.4) is 0 Å². The third kappa shape index (κ3) is 8.25. The number of hydrogen-bond donors (Lipinski definition) is 0. The highest BCUT2D eigenvalue weighted by Crippen LogP contribution is 2.67. The molecule has 0 amide bonds. The number of anilines is 6. The molecule has 2 nitrogen and oxygen atoms in total. The molecule has 12 aromatic carbocycles. The van der Waals surface area contributed by atoms with E-state index in [4.69, 9.17) is 0 Å². The first-order chi connectivity index (χ1) is 40.6. The zero-order valence-corrected chi connectivity index (χ0v) is 45.6. The summed E-state index contributed by atoms with van der Waals surface area (Å²) in [5, 5.41) is 0. The van der Waals surface area contributed by atoms with Crippen LogP contribution in [0.2, 0.25) is 0 Å². The maximum Gasteiger partial charge on any atom is 0.0685 e. The van der Waals surface area contributed by atoms with Gasteiger partial charge >= 0.3 is 0 Å². The quantitative estimate of drug-likeness (QED) is 0.127. The van der Waals surface area contributed by atoms with E-state index in [-0.39, 0.29) is 11.8 Å². The normalized spacial score (nSPS) is 15.0. The average Bonchev–Trinajstić information content (AvgIpc) is 2.32. The van der Waals surface area contributed by atoms with Gasteiger partial charge in [0.25, 0.3) is 0 Å². The molecule has 0 saturated heterocycles. The van der Waals surface area contributed by atoms with E-state index in [2.05, 4.69) is 338 Å². The van der Waals surface area contributed by atoms with Gasteiger partial charge in [-0.1, -0.05) is 262 Å². The number of hydrogen-bond acceptors (Lipinski definition) is 2. The summed E-state index contributed by atoms with van der Waals surface area (Å²) in [4.78, 5) is 4.91. The van der Waals surface area contributed by atoms with Gasteiger partial charge in [-0.25, -0.2) is 0 Å². The van der Waals surface area contributed by atoms with Gasteiger partial charge in [-0.15, -0.1) is 0 Å². The van der Waals surface area contributed by atoms with Crippen molar-refractivity contribution >= 4 is 34.1 Å². The summed E-state index contributed by atoms with van der Waals surface area (Å²) in [6.07, 6.45) is 7.19. The van der Waals surface area contributed by atoms with Crippen LogP contribution in [0, 0.1) is 5.92 Å². The molecule has 2 unspecified atom stereocenters. The van der Waals surface area contributed by atoms with Crippen molar-refractivity contribution in [3.8, 4) is 66.8 Å². The molecule has 3 aliphatic rings. The van der Waals surface area contributed by atoms with Crippen LogP contribution >= 0.6 is 0 Å². The van der Waals surface area contributed by atoms with Crippen LogP contribution < -0.4 is 9.80 Å². The molecule has 15 rings (SSSR count). The molecule has 0 radical (unpaired) electrons. The van der Waals surface area contributed by atoms with Crippen molar-refractivity contribution in [3.05, 3.63) is 349 Å². The molecule has 0 fully saturated rings. The fourth-order valence-electron chi connectivity index (χ4n) is 13.7. The standard InChI is InChI=1S/C80H58N2/c1-55-20-18-34-76-78(55)79-71(31-19-35-77(79)80(76)74-32-16-14-29-72(74)73-30-15-17-33-75(73)80)64-52-69(81(65-44-36-60(37-45-65)56-21-6-2-7-22-56)66-46-38-61(39-47-66)57-23-8-3-9-24-57)54-70(53-64)82(67-48-40-62(41-49-67)58-25-10-4-11-26-58)68-50-42-63(43-51-68)59-27-12-5-13-28-59/h2-55,78H,1H3. The van der Waals surface area contributed by atoms with Gasteiger partial charge in [0.15, 0.2) is 0 Å². The molecule has 0 bridgehead atoms. The molecule has 12 aromatic rings. The molecule has 2 atom stereocenters. The Hall–Kier alpha value is -10.3. The molecular weight excluding hydrogens is 989 g/mol. The summed E-state index contributed by atoms with van der Waals surface area (Å²) in [6.45, 7) is 2.42. The Morgan fingerprint density at radius 1 is 0.280 bits per heavy atom. The van der Waals surface area contributed by atoms with E-state index in [9.17, 15) is 0 Å². The predicted molar refractivity (Wildman–Crippen MR) is 344 cm³/mol. The van der Waals surface area contributed by atoms with Crippen LogP contribution in [0.25, 0.3) is 66.8 Å². The summed E-state index contributed by atoms with van der Waals surface area (Å²) in [5.41, 5.74) is 27.4. The van der Waals surface area contributed by atoms with Crippen molar-refractivity contribution in [1.29, 1.82) is 0 Å². The number of benzene rings is 12. The highest BCUT2D eigenvalue weighted by atomic mass is 15.2. The van der Waals surface area contributed by atoms with Gasteiger partial charge in [-0.05, 0) is 167 Å². The largest absolute Gasteiger partial charge is 0.310 e. The summed E-state index contributed by atoms with van der Waals surface area (Å²) >= 11 is 0. The lowest BCUT2D eigenvalue weighted by molar-refractivity contribution is 0.588. The van der Waals surface area contributed by atoms with Crippen molar-refractivity contribution in [3.63, 3.8) is 0 Å². The maximum absolute atomic E-state index is 2.46. The minimum Gasteiger partial charge on any atom is -0.310 e. The number of nitrogens with zero attached hydrogens (tertiary/aromatic N) is 2. The first-order valence-electron chi connectivity index (χ1n) is 28.7. The number of fused-ring (bicyclic) bond motifs is 10. The SMILES string of the molecule is CC1C=CC=C2C1c1c(-c3cc(N(c4ccc(-c5ccccc5)cc4)c4ccc(-c5ccccc5)cc4)cc(N(c4ccc(-c5ccccc5)cc4)c4ccc(-c5ccccc5)cc4)c3)cccc1C21c2ccccc2-c2ccccc21. The Morgan fingerprint density at radius 3 is 1.00 bits per heavy atom. The monoisotopic (exact) mass is 1050 g/mol. The number of rotatable bonds is 11. The summed E-state index contributed by atoms with van der Waals surface area (Å²) in [5.74, 6) is 0.397. The van der Waals surface area contributed by atoms with Crippen LogP contribution in [-0.4, -0.2) is 0 Å². The smallest absolute Gasteiger partial charge is 0.0685 e. The molecule has 388 valence electrons. The Balaban J connectivity index is 0.990. The van der Waals surface area contributed by atoms with Crippen molar-refractivity contribution < 1.29 is 0 Å². The van der Waals surface area contributed by atoms with E-state index in [1.54, 1.807) is 0 Å². The van der Waals surface area contributed by atoms with E-state index >= 15 is 0 Å². The second kappa shape index (κ2) is 20.4. The van der Waals surface area contributed by atoms with Crippen LogP contribution in [0.4, 0.5) is 34.1 Å². The lowest BCUT2D eigenvalue weighted by atomic mass is 9.67. The topological polar surface area (TPSA) is 6.48 Å². The molecule has 0 aliphatic heterocycles. The summed E-state index contributed by atoms with van der Waals surface area (Å²) < 4.78 is 0. The van der Waals surface area contributed by atoms with E-state index in [0.717, 1.165) is 39.7 Å². The zero-order chi connectivity index (χ0) is 54.6. The summed E-state index contributed by atoms with van der Waals surface area (Å²) in [7, 11) is 0. The van der Waals surface area contributed by atoms with Crippen molar-refractivity contribution in [1.82, 2.24) is 0 Å². The van der Waals surface area contributed by atoms with Gasteiger partial charge in [-0.2, -0.15) is 0 Å². The maximum atomic E-state index is 2.46. The average molecular weight is 1050 g/mol. The molecule has 2 heteroatoms. The Labute approximate surface area is 481 Å². The van der Waals surface area contributed by atoms with E-state index in [1.807, 2.05) is 0 Å². The van der Waals surface area contributed by atoms with Crippen LogP contribution in [0.15, 0.2) is 327 Å². The van der Waals surface area contributed by atoms with Crippen molar-refractivity contribution in [2.75, 3.05) is 9.80 Å². The molecule has 0 saturated carbocycles. The Kier molecular flexibility index (Phi) is 12.2. The van der Waals surface area contributed by atoms with Crippen LogP contribution in [0.1, 0.15) is 35.1 Å². The van der Waals surface area contributed by atoms with Gasteiger partial charge in [0, 0.05) is 40.0 Å². The molecule has 0 aromatic heterocycles. The minimum absolute atomic E-state index is 0.141. The Morgan fingerprint density at radius 2 is 0.610 bits per heavy atom. The van der Waals surface area contributed by atoms with Crippen molar-refractivity contribution in [2.24, 2.45) is 5.92 Å². The van der Waals surface area contributed by atoms with E-state index in [0.29, 0.717) is 0 Å². The van der Waals surface area contributed by atoms with Gasteiger partial charge in [0.2, 0.25) is 0 Å². The molecular formula is C80H58N2. The second-order valence-electron chi connectivity index (χ2n) is 22.0. The minimum atomic E-state index is -0.442. The van der Waals surface area contributed by atoms with Crippen LogP contribution in [0.5, 0.6) is 0 Å². The second-order valence-corrected chi connectivity index (χ2v) is 22.0. The summed E-state index contributed by atoms with van der Waals surface area (Å²) in [6, 6.07) is 112. The highest BCUT2D eigenvalue weighted by Gasteiger charge is 2.56. The molecule has 82 heavy (non-hydrogen) atoms. The van der Waals surface area contributed by atoms with Gasteiger partial charge in [-0.3, -0.25) is 0 Å². The van der Waals surface area contributed by atoms with Gasteiger partial charge < -0.3 is 9.80 Å². The third-order valence-corrected chi connectivity index (χ3v) is 17.4. The van der Waals surface area contributed by atoms with Crippen LogP contribution in [-0.2, 0) is 5.41 Å². The molecule has 3 aliphatic carbocycles. The molecule has 0 N–H and O–H groups in total. The van der Waals surface area contributed by atoms with E-state index in [1.165, 1.54) is 89.0 Å². The predicted octanol–water partition coefficient (Wildman–Crippen LogP) is 21.5. The first-order valence-corrected chi connectivity index (χ1v) is 28.7. The Bertz CT molecular complexity index is 3950. The fourth-order valence-corrected chi connectivity index (χ4v) is 13.7. The third-order valence-electron chi connectivity index (χ3n) is 17.4. The van der Waals surface area contributed by atoms with E-state index < -0.39 is 5.41 Å². The first kappa shape index (κ1) is 48.8. The lowest BCUT2D eigenvalue weighted by Gasteiger charge is -2.34. The van der Waals surface area contributed by atoms with Crippen molar-refractivity contribution in [2.45, 2.75) is 18.3 Å². The fraction of sp³-hybridized carbons (Fsp3) is 0.0500. The van der Waals surface area contributed by atoms with Gasteiger partial charge in [0.05, 0.1) is 5.41 Å². The highest BCUT2D eigenvalue weighted by molar-refractivity contribution is 5.94. The molecule has 1 spiro atoms.